The van der Waals surface area contributed by atoms with E-state index in [1.807, 2.05) is 0 Å². The van der Waals surface area contributed by atoms with Gasteiger partial charge in [-0.25, -0.2) is 9.59 Å². The third-order valence-corrected chi connectivity index (χ3v) is 3.23. The Morgan fingerprint density at radius 3 is 2.71 bits per heavy atom. The van der Waals surface area contributed by atoms with E-state index < -0.39 is 12.0 Å². The minimum absolute atomic E-state index is 0.0372. The molecule has 0 radical (unpaired) electrons. The fourth-order valence-corrected chi connectivity index (χ4v) is 2.23. The summed E-state index contributed by atoms with van der Waals surface area (Å²) in [6.07, 6.45) is 3.04. The maximum atomic E-state index is 11.9. The summed E-state index contributed by atoms with van der Waals surface area (Å²) in [7, 11) is 0. The number of hydrogen-bond donors (Lipinski definition) is 2. The molecule has 1 aliphatic heterocycles. The predicted molar refractivity (Wildman–Crippen MR) is 72.0 cm³/mol. The van der Waals surface area contributed by atoms with Gasteiger partial charge in [-0.3, -0.25) is 15.0 Å². The molecule has 1 aromatic carbocycles. The molecule has 2 aromatic rings. The molecular formula is C13H10N4O4. The summed E-state index contributed by atoms with van der Waals surface area (Å²) in [6, 6.07) is 2.27. The lowest BCUT2D eigenvalue weighted by Gasteiger charge is -2.27. The average molecular weight is 286 g/mol. The van der Waals surface area contributed by atoms with E-state index in [-0.39, 0.29) is 24.4 Å². The molecule has 3 rings (SSSR count). The quantitative estimate of drug-likeness (QED) is 0.843. The molecule has 21 heavy (non-hydrogen) atoms. The second-order valence-electron chi connectivity index (χ2n) is 4.55. The zero-order valence-electron chi connectivity index (χ0n) is 10.7. The van der Waals surface area contributed by atoms with Gasteiger partial charge in [0.15, 0.2) is 0 Å². The normalized spacial score (nSPS) is 15.1. The van der Waals surface area contributed by atoms with Gasteiger partial charge in [0.2, 0.25) is 5.91 Å². The number of aromatic carboxylic acids is 1. The smallest absolute Gasteiger partial charge is 0.335 e. The molecule has 1 saturated heterocycles. The molecule has 0 atom stereocenters. The summed E-state index contributed by atoms with van der Waals surface area (Å²) in [5.74, 6) is -1.46. The molecule has 106 valence electrons. The van der Waals surface area contributed by atoms with E-state index >= 15 is 0 Å². The van der Waals surface area contributed by atoms with Gasteiger partial charge < -0.3 is 5.11 Å². The van der Waals surface area contributed by atoms with Crippen LogP contribution < -0.4 is 10.2 Å². The molecule has 1 aromatic heterocycles. The van der Waals surface area contributed by atoms with Gasteiger partial charge in [-0.15, -0.1) is 0 Å². The maximum Gasteiger partial charge on any atom is 0.335 e. The first-order valence-electron chi connectivity index (χ1n) is 6.15. The van der Waals surface area contributed by atoms with Gasteiger partial charge in [0.05, 0.1) is 23.6 Å². The number of carbonyl (C=O) groups is 3. The standard InChI is InChI=1S/C13H10N4O4/c18-11-1-2-17(13(21)16-11)10-4-7(12(19)20)3-8-5-14-15-6-9(8)10/h3-6H,1-2H2,(H,19,20)(H,16,18,21). The molecular weight excluding hydrogens is 276 g/mol. The van der Waals surface area contributed by atoms with Crippen molar-refractivity contribution in [2.24, 2.45) is 0 Å². The zero-order chi connectivity index (χ0) is 15.0. The van der Waals surface area contributed by atoms with Crippen molar-refractivity contribution in [2.75, 3.05) is 11.4 Å². The highest BCUT2D eigenvalue weighted by Gasteiger charge is 2.26. The zero-order valence-corrected chi connectivity index (χ0v) is 10.7. The summed E-state index contributed by atoms with van der Waals surface area (Å²) in [5.41, 5.74) is 0.431. The molecule has 8 nitrogen and oxygen atoms in total. The van der Waals surface area contributed by atoms with Crippen molar-refractivity contribution in [2.45, 2.75) is 6.42 Å². The predicted octanol–water partition coefficient (Wildman–Crippen LogP) is 0.774. The minimum Gasteiger partial charge on any atom is -0.478 e. The largest absolute Gasteiger partial charge is 0.478 e. The Kier molecular flexibility index (Phi) is 2.98. The summed E-state index contributed by atoms with van der Waals surface area (Å²) in [5, 5.41) is 20.0. The molecule has 1 fully saturated rings. The number of carboxylic acids is 1. The first-order valence-corrected chi connectivity index (χ1v) is 6.15. The van der Waals surface area contributed by atoms with Gasteiger partial charge in [0.25, 0.3) is 0 Å². The van der Waals surface area contributed by atoms with Crippen LogP contribution in [0.2, 0.25) is 0 Å². The van der Waals surface area contributed by atoms with Crippen molar-refractivity contribution < 1.29 is 19.5 Å². The van der Waals surface area contributed by atoms with Crippen molar-refractivity contribution >= 4 is 34.4 Å². The van der Waals surface area contributed by atoms with E-state index in [0.29, 0.717) is 16.5 Å². The van der Waals surface area contributed by atoms with Gasteiger partial charge in [0.1, 0.15) is 0 Å². The Morgan fingerprint density at radius 1 is 1.24 bits per heavy atom. The highest BCUT2D eigenvalue weighted by Crippen LogP contribution is 2.29. The number of benzene rings is 1. The second-order valence-corrected chi connectivity index (χ2v) is 4.55. The molecule has 8 heteroatoms. The highest BCUT2D eigenvalue weighted by molar-refractivity contribution is 6.11. The number of hydrogen-bond acceptors (Lipinski definition) is 5. The van der Waals surface area contributed by atoms with Crippen LogP contribution in [-0.4, -0.2) is 39.8 Å². The number of amides is 3. The number of anilines is 1. The van der Waals surface area contributed by atoms with Gasteiger partial charge in [-0.1, -0.05) is 0 Å². The van der Waals surface area contributed by atoms with Crippen LogP contribution in [0.25, 0.3) is 10.8 Å². The molecule has 0 saturated carbocycles. The number of rotatable bonds is 2. The van der Waals surface area contributed by atoms with Gasteiger partial charge in [-0.2, -0.15) is 10.2 Å². The monoisotopic (exact) mass is 286 g/mol. The van der Waals surface area contributed by atoms with Crippen LogP contribution in [0.4, 0.5) is 10.5 Å². The Morgan fingerprint density at radius 2 is 2.00 bits per heavy atom. The number of nitrogens with one attached hydrogen (secondary N) is 1. The number of fused-ring (bicyclic) bond motifs is 1. The maximum absolute atomic E-state index is 11.9. The fourth-order valence-electron chi connectivity index (χ4n) is 2.23. The second kappa shape index (κ2) is 4.82. The molecule has 2 N–H and O–H groups in total. The molecule has 2 heterocycles. The van der Waals surface area contributed by atoms with E-state index in [0.717, 1.165) is 0 Å². The van der Waals surface area contributed by atoms with Crippen LogP contribution in [0.1, 0.15) is 16.8 Å². The molecule has 1 aliphatic rings. The van der Waals surface area contributed by atoms with Gasteiger partial charge in [0, 0.05) is 23.7 Å². The lowest BCUT2D eigenvalue weighted by Crippen LogP contribution is -2.49. The number of imide groups is 1. The van der Waals surface area contributed by atoms with Crippen molar-refractivity contribution in [3.63, 3.8) is 0 Å². The number of carboxylic acid groups (broad SMARTS) is 1. The van der Waals surface area contributed by atoms with Crippen LogP contribution in [0, 0.1) is 0 Å². The third-order valence-electron chi connectivity index (χ3n) is 3.23. The minimum atomic E-state index is -1.11. The number of nitrogens with zero attached hydrogens (tertiary/aromatic N) is 3. The molecule has 0 unspecified atom stereocenters. The van der Waals surface area contributed by atoms with Crippen LogP contribution in [-0.2, 0) is 4.79 Å². The van der Waals surface area contributed by atoms with E-state index in [9.17, 15) is 14.4 Å². The molecule has 0 spiro atoms. The average Bonchev–Trinajstić information content (AvgIpc) is 2.46. The summed E-state index contributed by atoms with van der Waals surface area (Å²) in [4.78, 5) is 35.7. The number of aromatic nitrogens is 2. The summed E-state index contributed by atoms with van der Waals surface area (Å²) in [6.45, 7) is 0.186. The number of urea groups is 1. The fraction of sp³-hybridized carbons (Fsp3) is 0.154. The first kappa shape index (κ1) is 13.0. The highest BCUT2D eigenvalue weighted by atomic mass is 16.4. The number of carbonyl (C=O) groups excluding carboxylic acids is 2. The van der Waals surface area contributed by atoms with Crippen LogP contribution in [0.15, 0.2) is 24.5 Å². The van der Waals surface area contributed by atoms with Crippen molar-refractivity contribution in [1.29, 1.82) is 0 Å². The van der Waals surface area contributed by atoms with E-state index in [4.69, 9.17) is 5.11 Å². The lowest BCUT2D eigenvalue weighted by atomic mass is 10.1. The Bertz CT molecular complexity index is 774. The van der Waals surface area contributed by atoms with Gasteiger partial charge in [-0.05, 0) is 12.1 Å². The topological polar surface area (TPSA) is 112 Å². The third kappa shape index (κ3) is 2.27. The van der Waals surface area contributed by atoms with Crippen LogP contribution in [0.3, 0.4) is 0 Å². The van der Waals surface area contributed by atoms with Gasteiger partial charge >= 0.3 is 12.0 Å². The molecule has 0 bridgehead atoms. The molecule has 3 amide bonds. The lowest BCUT2D eigenvalue weighted by molar-refractivity contribution is -0.120. The summed E-state index contributed by atoms with van der Waals surface area (Å²) >= 11 is 0. The van der Waals surface area contributed by atoms with E-state index in [1.165, 1.54) is 29.4 Å². The Balaban J connectivity index is 2.18. The molecule has 0 aliphatic carbocycles. The van der Waals surface area contributed by atoms with Crippen LogP contribution >= 0.6 is 0 Å². The summed E-state index contributed by atoms with van der Waals surface area (Å²) < 4.78 is 0. The first-order chi connectivity index (χ1) is 10.1. The SMILES string of the molecule is O=C1CCN(c2cc(C(=O)O)cc3cnncc23)C(=O)N1. The van der Waals surface area contributed by atoms with Crippen molar-refractivity contribution in [3.8, 4) is 0 Å². The Labute approximate surface area is 118 Å². The van der Waals surface area contributed by atoms with Crippen LogP contribution in [0.5, 0.6) is 0 Å². The van der Waals surface area contributed by atoms with E-state index in [2.05, 4.69) is 15.5 Å². The van der Waals surface area contributed by atoms with Crippen molar-refractivity contribution in [3.05, 3.63) is 30.1 Å². The Hall–Kier alpha value is -3.03. The van der Waals surface area contributed by atoms with E-state index in [1.54, 1.807) is 0 Å². The van der Waals surface area contributed by atoms with Crippen molar-refractivity contribution in [1.82, 2.24) is 15.5 Å².